The second-order valence-corrected chi connectivity index (χ2v) is 6.73. The zero-order valence-electron chi connectivity index (χ0n) is 14.5. The van der Waals surface area contributed by atoms with Gasteiger partial charge < -0.3 is 9.84 Å². The molecule has 0 fully saturated rings. The molecule has 0 saturated heterocycles. The van der Waals surface area contributed by atoms with E-state index < -0.39 is 11.6 Å². The number of hydrogen-bond acceptors (Lipinski definition) is 4. The molecule has 0 aliphatic rings. The quantitative estimate of drug-likeness (QED) is 0.799. The Balaban J connectivity index is 2.12. The van der Waals surface area contributed by atoms with Crippen molar-refractivity contribution in [3.8, 4) is 0 Å². The second kappa shape index (κ2) is 8.08. The van der Waals surface area contributed by atoms with Gasteiger partial charge in [-0.2, -0.15) is 0 Å². The van der Waals surface area contributed by atoms with E-state index in [0.29, 0.717) is 6.54 Å². The summed E-state index contributed by atoms with van der Waals surface area (Å²) in [5.74, 6) is -0.291. The minimum absolute atomic E-state index is 0.0260. The van der Waals surface area contributed by atoms with Crippen LogP contribution < -0.4 is 5.32 Å². The van der Waals surface area contributed by atoms with E-state index in [1.807, 2.05) is 75.4 Å². The van der Waals surface area contributed by atoms with Crippen molar-refractivity contribution in [2.75, 3.05) is 0 Å². The summed E-state index contributed by atoms with van der Waals surface area (Å²) in [4.78, 5) is 12.6. The molecule has 0 aliphatic carbocycles. The lowest BCUT2D eigenvalue weighted by atomic mass is 10.1. The Labute approximate surface area is 143 Å². The van der Waals surface area contributed by atoms with Gasteiger partial charge in [0.15, 0.2) is 0 Å². The second-order valence-electron chi connectivity index (χ2n) is 6.73. The first-order valence-electron chi connectivity index (χ1n) is 8.09. The molecular weight excluding hydrogens is 302 g/mol. The van der Waals surface area contributed by atoms with Gasteiger partial charge in [-0.1, -0.05) is 54.6 Å². The molecule has 1 atom stereocenters. The largest absolute Gasteiger partial charge is 0.459 e. The highest BCUT2D eigenvalue weighted by molar-refractivity contribution is 5.78. The highest BCUT2D eigenvalue weighted by Crippen LogP contribution is 2.19. The number of carbonyl (C=O) groups is 1. The maximum atomic E-state index is 12.6. The van der Waals surface area contributed by atoms with Gasteiger partial charge in [-0.25, -0.2) is 4.79 Å². The topological polar surface area (TPSA) is 58.6 Å². The van der Waals surface area contributed by atoms with Crippen LogP contribution in [0, 0.1) is 0 Å². The van der Waals surface area contributed by atoms with E-state index in [1.165, 1.54) is 0 Å². The molecule has 0 saturated carbocycles. The number of carbonyl (C=O) groups excluding carboxylic acids is 1. The lowest BCUT2D eigenvalue weighted by Gasteiger charge is -2.25. The summed E-state index contributed by atoms with van der Waals surface area (Å²) in [7, 11) is 0. The van der Waals surface area contributed by atoms with Crippen molar-refractivity contribution in [2.24, 2.45) is 0 Å². The van der Waals surface area contributed by atoms with Crippen LogP contribution >= 0.6 is 0 Å². The molecular formula is C20H25NO3. The van der Waals surface area contributed by atoms with E-state index in [9.17, 15) is 4.79 Å². The van der Waals surface area contributed by atoms with E-state index in [2.05, 4.69) is 5.32 Å². The third-order valence-corrected chi connectivity index (χ3v) is 3.49. The molecule has 128 valence electrons. The average molecular weight is 327 g/mol. The zero-order valence-corrected chi connectivity index (χ0v) is 14.5. The van der Waals surface area contributed by atoms with E-state index in [0.717, 1.165) is 16.7 Å². The number of ether oxygens (including phenoxy) is 1. The number of nitrogens with one attached hydrogen (secondary N) is 1. The average Bonchev–Trinajstić information content (AvgIpc) is 2.55. The first-order chi connectivity index (χ1) is 11.4. The molecule has 2 N–H and O–H groups in total. The summed E-state index contributed by atoms with van der Waals surface area (Å²) < 4.78 is 5.54. The lowest BCUT2D eigenvalue weighted by Crippen LogP contribution is -2.34. The van der Waals surface area contributed by atoms with Crippen LogP contribution in [0.15, 0.2) is 54.6 Å². The number of aliphatic hydroxyl groups excluding tert-OH is 1. The van der Waals surface area contributed by atoms with Gasteiger partial charge in [0.25, 0.3) is 0 Å². The van der Waals surface area contributed by atoms with Crippen LogP contribution in [0.1, 0.15) is 43.5 Å². The van der Waals surface area contributed by atoms with E-state index in [-0.39, 0.29) is 12.6 Å². The Morgan fingerprint density at radius 1 is 1.04 bits per heavy atom. The van der Waals surface area contributed by atoms with Gasteiger partial charge in [0, 0.05) is 6.54 Å². The molecule has 0 spiro atoms. The van der Waals surface area contributed by atoms with E-state index >= 15 is 0 Å². The van der Waals surface area contributed by atoms with Crippen molar-refractivity contribution >= 4 is 5.97 Å². The highest BCUT2D eigenvalue weighted by atomic mass is 16.6. The summed E-state index contributed by atoms with van der Waals surface area (Å²) >= 11 is 0. The highest BCUT2D eigenvalue weighted by Gasteiger charge is 2.26. The van der Waals surface area contributed by atoms with Gasteiger partial charge in [0.2, 0.25) is 0 Å². The van der Waals surface area contributed by atoms with Gasteiger partial charge in [0.1, 0.15) is 11.6 Å². The Bertz CT molecular complexity index is 645. The van der Waals surface area contributed by atoms with Crippen LogP contribution in [0.5, 0.6) is 0 Å². The van der Waals surface area contributed by atoms with Crippen LogP contribution in [0.2, 0.25) is 0 Å². The third-order valence-electron chi connectivity index (χ3n) is 3.49. The maximum absolute atomic E-state index is 12.6. The molecule has 0 radical (unpaired) electrons. The fraction of sp³-hybridized carbons (Fsp3) is 0.350. The molecule has 4 nitrogen and oxygen atoms in total. The number of esters is 1. The molecule has 0 amide bonds. The smallest absolute Gasteiger partial charge is 0.328 e. The molecule has 0 aromatic heterocycles. The normalized spacial score (nSPS) is 12.7. The Morgan fingerprint density at radius 2 is 1.62 bits per heavy atom. The van der Waals surface area contributed by atoms with Crippen molar-refractivity contribution in [1.29, 1.82) is 0 Å². The number of hydrogen-bond donors (Lipinski definition) is 2. The fourth-order valence-corrected chi connectivity index (χ4v) is 2.33. The van der Waals surface area contributed by atoms with Crippen molar-refractivity contribution < 1.29 is 14.6 Å². The van der Waals surface area contributed by atoms with Gasteiger partial charge >= 0.3 is 5.97 Å². The summed E-state index contributed by atoms with van der Waals surface area (Å²) in [5.41, 5.74) is 2.25. The lowest BCUT2D eigenvalue weighted by molar-refractivity contribution is -0.157. The van der Waals surface area contributed by atoms with Gasteiger partial charge in [-0.15, -0.1) is 0 Å². The molecule has 4 heteroatoms. The third kappa shape index (κ3) is 5.48. The fourth-order valence-electron chi connectivity index (χ4n) is 2.33. The summed E-state index contributed by atoms with van der Waals surface area (Å²) in [6.07, 6.45) is 0. The van der Waals surface area contributed by atoms with Crippen molar-refractivity contribution in [3.63, 3.8) is 0 Å². The molecule has 0 heterocycles. The minimum atomic E-state index is -0.533. The molecule has 0 bridgehead atoms. The molecule has 2 aromatic rings. The monoisotopic (exact) mass is 327 g/mol. The summed E-state index contributed by atoms with van der Waals surface area (Å²) in [6, 6.07) is 16.7. The summed E-state index contributed by atoms with van der Waals surface area (Å²) in [6.45, 7) is 6.14. The predicted molar refractivity (Wildman–Crippen MR) is 94.2 cm³/mol. The van der Waals surface area contributed by atoms with Gasteiger partial charge in [-0.05, 0) is 37.5 Å². The van der Waals surface area contributed by atoms with Crippen LogP contribution in [0.25, 0.3) is 0 Å². The zero-order chi connectivity index (χ0) is 17.6. The van der Waals surface area contributed by atoms with Crippen molar-refractivity contribution in [1.82, 2.24) is 5.32 Å². The van der Waals surface area contributed by atoms with Gasteiger partial charge in [-0.3, -0.25) is 5.32 Å². The maximum Gasteiger partial charge on any atom is 0.328 e. The Kier molecular flexibility index (Phi) is 6.12. The Hall–Kier alpha value is -2.17. The molecule has 0 aliphatic heterocycles. The summed E-state index contributed by atoms with van der Waals surface area (Å²) in [5, 5.41) is 12.4. The first kappa shape index (κ1) is 18.2. The molecule has 2 rings (SSSR count). The minimum Gasteiger partial charge on any atom is -0.459 e. The van der Waals surface area contributed by atoms with Crippen LogP contribution in [0.3, 0.4) is 0 Å². The first-order valence-corrected chi connectivity index (χ1v) is 8.09. The van der Waals surface area contributed by atoms with Gasteiger partial charge in [0.05, 0.1) is 6.61 Å². The standard InChI is InChI=1S/C20H25NO3/c1-20(2,3)24-19(23)18(17-7-5-4-6-8-17)21-13-15-9-11-16(14-22)12-10-15/h4-12,18,21-22H,13-14H2,1-3H3/t18-/m1/s1. The molecule has 2 aromatic carbocycles. The number of benzene rings is 2. The number of rotatable bonds is 6. The van der Waals surface area contributed by atoms with Crippen LogP contribution in [0.4, 0.5) is 0 Å². The molecule has 24 heavy (non-hydrogen) atoms. The molecule has 0 unspecified atom stereocenters. The van der Waals surface area contributed by atoms with Crippen molar-refractivity contribution in [2.45, 2.75) is 45.6 Å². The van der Waals surface area contributed by atoms with Crippen LogP contribution in [-0.4, -0.2) is 16.7 Å². The number of aliphatic hydroxyl groups is 1. The Morgan fingerprint density at radius 3 is 2.17 bits per heavy atom. The van der Waals surface area contributed by atoms with Crippen molar-refractivity contribution in [3.05, 3.63) is 71.3 Å². The van der Waals surface area contributed by atoms with E-state index in [1.54, 1.807) is 0 Å². The SMILES string of the molecule is CC(C)(C)OC(=O)[C@H](NCc1ccc(CO)cc1)c1ccccc1. The van der Waals surface area contributed by atoms with Crippen LogP contribution in [-0.2, 0) is 22.7 Å². The predicted octanol–water partition coefficient (Wildman–Crippen LogP) is 3.35. The van der Waals surface area contributed by atoms with E-state index in [4.69, 9.17) is 9.84 Å².